The molecule has 0 saturated carbocycles. The highest BCUT2D eigenvalue weighted by Crippen LogP contribution is 2.39. The minimum atomic E-state index is -1.66. The normalized spacial score (nSPS) is 24.3. The maximum Gasteiger partial charge on any atom is 0.239 e. The Labute approximate surface area is 197 Å². The zero-order valence-corrected chi connectivity index (χ0v) is 18.6. The van der Waals surface area contributed by atoms with E-state index in [1.54, 1.807) is 0 Å². The second-order valence-corrected chi connectivity index (χ2v) is 7.81. The van der Waals surface area contributed by atoms with Gasteiger partial charge in [-0.3, -0.25) is 4.79 Å². The third-order valence-corrected chi connectivity index (χ3v) is 5.65. The SMILES string of the molecule is COc1c(-c2ccc(O)c(O)c2)oc2cc(OC3OC(CO)C(O)C(O)C3O)cc(OC)c2c1=O. The molecule has 0 bridgehead atoms. The molecule has 1 fully saturated rings. The molecule has 12 heteroatoms. The van der Waals surface area contributed by atoms with Crippen LogP contribution in [0.15, 0.2) is 39.5 Å². The monoisotopic (exact) mass is 492 g/mol. The lowest BCUT2D eigenvalue weighted by Gasteiger charge is -2.39. The highest BCUT2D eigenvalue weighted by Gasteiger charge is 2.44. The minimum Gasteiger partial charge on any atom is -0.504 e. The first kappa shape index (κ1) is 24.6. The van der Waals surface area contributed by atoms with E-state index in [9.17, 15) is 35.4 Å². The molecular formula is C23H24O12. The molecule has 2 aromatic carbocycles. The summed E-state index contributed by atoms with van der Waals surface area (Å²) in [5.41, 5.74) is -0.375. The average molecular weight is 492 g/mol. The minimum absolute atomic E-state index is 0.00602. The van der Waals surface area contributed by atoms with E-state index in [0.717, 1.165) is 0 Å². The van der Waals surface area contributed by atoms with Gasteiger partial charge in [0.05, 0.1) is 20.8 Å². The fraction of sp³-hybridized carbons (Fsp3) is 0.348. The molecule has 1 aliphatic rings. The van der Waals surface area contributed by atoms with E-state index in [1.165, 1.54) is 44.6 Å². The smallest absolute Gasteiger partial charge is 0.239 e. The molecule has 5 atom stereocenters. The third-order valence-electron chi connectivity index (χ3n) is 5.65. The van der Waals surface area contributed by atoms with Gasteiger partial charge in [0.25, 0.3) is 0 Å². The van der Waals surface area contributed by atoms with Crippen LogP contribution in [0, 0.1) is 0 Å². The fourth-order valence-electron chi connectivity index (χ4n) is 3.81. The summed E-state index contributed by atoms with van der Waals surface area (Å²) in [5, 5.41) is 59.1. The maximum absolute atomic E-state index is 13.2. The van der Waals surface area contributed by atoms with E-state index in [2.05, 4.69) is 0 Å². The molecule has 1 aromatic heterocycles. The van der Waals surface area contributed by atoms with Crippen LogP contribution in [-0.2, 0) is 4.74 Å². The van der Waals surface area contributed by atoms with Gasteiger partial charge in [-0.2, -0.15) is 0 Å². The van der Waals surface area contributed by atoms with Crippen LogP contribution in [0.2, 0.25) is 0 Å². The number of phenolic OH excluding ortho intramolecular Hbond substituents is 2. The van der Waals surface area contributed by atoms with Gasteiger partial charge >= 0.3 is 0 Å². The zero-order chi connectivity index (χ0) is 25.4. The molecule has 1 saturated heterocycles. The van der Waals surface area contributed by atoms with Gasteiger partial charge in [-0.1, -0.05) is 0 Å². The van der Waals surface area contributed by atoms with Crippen molar-refractivity contribution in [1.82, 2.24) is 0 Å². The third kappa shape index (κ3) is 4.33. The van der Waals surface area contributed by atoms with Crippen LogP contribution in [0.25, 0.3) is 22.3 Å². The number of hydrogen-bond acceptors (Lipinski definition) is 12. The van der Waals surface area contributed by atoms with Crippen LogP contribution in [0.5, 0.6) is 28.7 Å². The lowest BCUT2D eigenvalue weighted by atomic mass is 9.99. The van der Waals surface area contributed by atoms with Crippen molar-refractivity contribution < 1.29 is 54.0 Å². The number of aliphatic hydroxyl groups excluding tert-OH is 4. The summed E-state index contributed by atoms with van der Waals surface area (Å²) in [4.78, 5) is 13.2. The number of methoxy groups -OCH3 is 2. The lowest BCUT2D eigenvalue weighted by Crippen LogP contribution is -2.60. The standard InChI is InChI=1S/C23H24O12/c1-31-13-6-10(33-23-20(30)19(29)17(27)15(8-24)35-23)7-14-16(13)18(28)22(32-2)21(34-14)9-3-4-11(25)12(26)5-9/h3-7,15,17,19-20,23-27,29-30H,8H2,1-2H3. The molecule has 4 rings (SSSR count). The van der Waals surface area contributed by atoms with Crippen molar-refractivity contribution in [1.29, 1.82) is 0 Å². The highest BCUT2D eigenvalue weighted by molar-refractivity contribution is 5.88. The number of fused-ring (bicyclic) bond motifs is 1. The first-order valence-electron chi connectivity index (χ1n) is 10.4. The zero-order valence-electron chi connectivity index (χ0n) is 18.6. The lowest BCUT2D eigenvalue weighted by molar-refractivity contribution is -0.277. The summed E-state index contributed by atoms with van der Waals surface area (Å²) in [7, 11) is 2.58. The topological polar surface area (TPSA) is 189 Å². The second kappa shape index (κ2) is 9.60. The molecular weight excluding hydrogens is 468 g/mol. The molecule has 0 spiro atoms. The molecule has 35 heavy (non-hydrogen) atoms. The Kier molecular flexibility index (Phi) is 6.74. The van der Waals surface area contributed by atoms with Crippen LogP contribution in [-0.4, -0.2) is 82.2 Å². The summed E-state index contributed by atoms with van der Waals surface area (Å²) in [6, 6.07) is 6.45. The van der Waals surface area contributed by atoms with E-state index >= 15 is 0 Å². The molecule has 0 amide bonds. The van der Waals surface area contributed by atoms with Crippen molar-refractivity contribution in [2.24, 2.45) is 0 Å². The summed E-state index contributed by atoms with van der Waals surface area (Å²) in [6.45, 7) is -0.636. The Hall–Kier alpha value is -3.55. The Balaban J connectivity index is 1.82. The van der Waals surface area contributed by atoms with Crippen molar-refractivity contribution in [3.05, 3.63) is 40.6 Å². The molecule has 3 aromatic rings. The van der Waals surface area contributed by atoms with Crippen LogP contribution >= 0.6 is 0 Å². The summed E-state index contributed by atoms with van der Waals surface area (Å²) < 4.78 is 27.5. The Bertz CT molecular complexity index is 1280. The summed E-state index contributed by atoms with van der Waals surface area (Å²) in [6.07, 6.45) is -7.53. The number of rotatable bonds is 6. The first-order valence-corrected chi connectivity index (χ1v) is 10.4. The van der Waals surface area contributed by atoms with Gasteiger partial charge in [-0.15, -0.1) is 0 Å². The number of aliphatic hydroxyl groups is 4. The first-order chi connectivity index (χ1) is 16.7. The molecule has 1 aliphatic heterocycles. The number of aromatic hydroxyl groups is 2. The van der Waals surface area contributed by atoms with Crippen molar-refractivity contribution in [3.63, 3.8) is 0 Å². The predicted molar refractivity (Wildman–Crippen MR) is 119 cm³/mol. The molecule has 0 aliphatic carbocycles. The van der Waals surface area contributed by atoms with Gasteiger partial charge in [0.2, 0.25) is 17.5 Å². The van der Waals surface area contributed by atoms with Gasteiger partial charge in [0.15, 0.2) is 17.3 Å². The molecule has 0 radical (unpaired) electrons. The molecule has 5 unspecified atom stereocenters. The molecule has 188 valence electrons. The van der Waals surface area contributed by atoms with Gasteiger partial charge < -0.3 is 54.0 Å². The van der Waals surface area contributed by atoms with Crippen LogP contribution in [0.4, 0.5) is 0 Å². The van der Waals surface area contributed by atoms with Crippen molar-refractivity contribution in [3.8, 4) is 40.1 Å². The van der Waals surface area contributed by atoms with Gasteiger partial charge in [-0.05, 0) is 18.2 Å². The van der Waals surface area contributed by atoms with E-state index in [-0.39, 0.29) is 45.3 Å². The van der Waals surface area contributed by atoms with Gasteiger partial charge in [0.1, 0.15) is 46.9 Å². The van der Waals surface area contributed by atoms with Crippen LogP contribution in [0.3, 0.4) is 0 Å². The van der Waals surface area contributed by atoms with E-state index in [4.69, 9.17) is 23.4 Å². The largest absolute Gasteiger partial charge is 0.504 e. The van der Waals surface area contributed by atoms with Crippen molar-refractivity contribution in [2.45, 2.75) is 30.7 Å². The van der Waals surface area contributed by atoms with Crippen LogP contribution in [0.1, 0.15) is 0 Å². The highest BCUT2D eigenvalue weighted by atomic mass is 16.7. The molecule has 12 nitrogen and oxygen atoms in total. The number of hydrogen-bond donors (Lipinski definition) is 6. The molecule has 2 heterocycles. The van der Waals surface area contributed by atoms with Crippen molar-refractivity contribution in [2.75, 3.05) is 20.8 Å². The number of phenols is 2. The van der Waals surface area contributed by atoms with Crippen LogP contribution < -0.4 is 19.6 Å². The van der Waals surface area contributed by atoms with E-state index in [0.29, 0.717) is 0 Å². The Morgan fingerprint density at radius 1 is 0.943 bits per heavy atom. The Morgan fingerprint density at radius 2 is 1.69 bits per heavy atom. The summed E-state index contributed by atoms with van der Waals surface area (Å²) >= 11 is 0. The fourth-order valence-corrected chi connectivity index (χ4v) is 3.81. The Morgan fingerprint density at radius 3 is 2.31 bits per heavy atom. The van der Waals surface area contributed by atoms with E-state index < -0.39 is 48.5 Å². The van der Waals surface area contributed by atoms with Gasteiger partial charge in [-0.25, -0.2) is 0 Å². The maximum atomic E-state index is 13.2. The quantitative estimate of drug-likeness (QED) is 0.254. The number of benzene rings is 2. The number of ether oxygens (including phenoxy) is 4. The van der Waals surface area contributed by atoms with E-state index in [1.807, 2.05) is 0 Å². The summed E-state index contributed by atoms with van der Waals surface area (Å²) in [5.74, 6) is -0.992. The second-order valence-electron chi connectivity index (χ2n) is 7.81. The predicted octanol–water partition coefficient (Wildman–Crippen LogP) is 0.0671. The molecule has 6 N–H and O–H groups in total. The van der Waals surface area contributed by atoms with Crippen molar-refractivity contribution >= 4 is 11.0 Å². The average Bonchev–Trinajstić information content (AvgIpc) is 2.85. The van der Waals surface area contributed by atoms with Gasteiger partial charge in [0, 0.05) is 17.7 Å².